The summed E-state index contributed by atoms with van der Waals surface area (Å²) in [6.07, 6.45) is 3.90. The van der Waals surface area contributed by atoms with Crippen LogP contribution >= 0.6 is 0 Å². The first-order valence-corrected chi connectivity index (χ1v) is 10.3. The molecule has 2 aromatic rings. The molecule has 6 rings (SSSR count). The number of rotatable bonds is 4. The largest absolute Gasteiger partial charge is 0.298 e. The quantitative estimate of drug-likeness (QED) is 0.920. The number of likely N-dealkylation sites (tertiary alicyclic amines) is 1. The van der Waals surface area contributed by atoms with Crippen LogP contribution in [-0.2, 0) is 6.42 Å². The molecule has 4 nitrogen and oxygen atoms in total. The highest BCUT2D eigenvalue weighted by Crippen LogP contribution is 2.46. The minimum Gasteiger partial charge on any atom is -0.298 e. The number of fused-ring (bicyclic) bond motifs is 2. The van der Waals surface area contributed by atoms with Crippen LogP contribution < -0.4 is 0 Å². The molecule has 2 bridgehead atoms. The maximum atomic E-state index is 4.39. The summed E-state index contributed by atoms with van der Waals surface area (Å²) in [6, 6.07) is 12.7. The molecule has 4 fully saturated rings. The second-order valence-electron chi connectivity index (χ2n) is 8.53. The SMILES string of the molecule is Cc1n[nH]c(C)c1CCN1C[C@@H](c2ccccc2)[C@@H]2[C@H]1C1CCN2CC1. The van der Waals surface area contributed by atoms with Crippen LogP contribution in [-0.4, -0.2) is 58.3 Å². The van der Waals surface area contributed by atoms with E-state index in [1.807, 2.05) is 0 Å². The number of benzene rings is 1. The van der Waals surface area contributed by atoms with Gasteiger partial charge in [0, 0.05) is 36.8 Å². The van der Waals surface area contributed by atoms with Gasteiger partial charge in [-0.25, -0.2) is 0 Å². The van der Waals surface area contributed by atoms with Crippen molar-refractivity contribution in [3.63, 3.8) is 0 Å². The lowest BCUT2D eigenvalue weighted by atomic mass is 9.75. The van der Waals surface area contributed by atoms with Crippen LogP contribution in [0.1, 0.15) is 41.3 Å². The van der Waals surface area contributed by atoms with Crippen LogP contribution in [0.25, 0.3) is 0 Å². The number of aromatic amines is 1. The Balaban J connectivity index is 1.41. The summed E-state index contributed by atoms with van der Waals surface area (Å²) in [7, 11) is 0. The molecule has 138 valence electrons. The van der Waals surface area contributed by atoms with Crippen molar-refractivity contribution in [2.24, 2.45) is 5.92 Å². The fourth-order valence-electron chi connectivity index (χ4n) is 5.98. The molecular weight excluding hydrogens is 320 g/mol. The average Bonchev–Trinajstić information content (AvgIpc) is 3.24. The molecule has 4 saturated heterocycles. The van der Waals surface area contributed by atoms with Gasteiger partial charge < -0.3 is 0 Å². The third-order valence-corrected chi connectivity index (χ3v) is 7.25. The molecule has 0 amide bonds. The Labute approximate surface area is 156 Å². The highest BCUT2D eigenvalue weighted by Gasteiger charge is 2.52. The molecule has 1 aromatic heterocycles. The predicted octanol–water partition coefficient (Wildman–Crippen LogP) is 3.13. The third kappa shape index (κ3) is 2.62. The van der Waals surface area contributed by atoms with Crippen LogP contribution in [0.15, 0.2) is 30.3 Å². The number of H-pyrrole nitrogens is 1. The van der Waals surface area contributed by atoms with Gasteiger partial charge in [0.25, 0.3) is 0 Å². The lowest BCUT2D eigenvalue weighted by Gasteiger charge is -2.51. The van der Waals surface area contributed by atoms with Crippen molar-refractivity contribution in [2.75, 3.05) is 26.2 Å². The van der Waals surface area contributed by atoms with Crippen molar-refractivity contribution in [3.05, 3.63) is 52.8 Å². The van der Waals surface area contributed by atoms with E-state index in [0.717, 1.165) is 31.0 Å². The molecule has 5 heterocycles. The average molecular weight is 351 g/mol. The summed E-state index contributed by atoms with van der Waals surface area (Å²) in [5, 5.41) is 7.55. The topological polar surface area (TPSA) is 35.2 Å². The zero-order chi connectivity index (χ0) is 17.7. The molecular formula is C22H30N4. The van der Waals surface area contributed by atoms with Crippen molar-refractivity contribution in [2.45, 2.75) is 51.1 Å². The second-order valence-corrected chi connectivity index (χ2v) is 8.53. The van der Waals surface area contributed by atoms with Crippen LogP contribution in [0.5, 0.6) is 0 Å². The lowest BCUT2D eigenvalue weighted by molar-refractivity contribution is -0.00618. The van der Waals surface area contributed by atoms with Crippen molar-refractivity contribution < 1.29 is 0 Å². The summed E-state index contributed by atoms with van der Waals surface area (Å²) < 4.78 is 0. The molecule has 4 aliphatic heterocycles. The normalized spacial score (nSPS) is 33.5. The highest BCUT2D eigenvalue weighted by atomic mass is 15.3. The predicted molar refractivity (Wildman–Crippen MR) is 104 cm³/mol. The van der Waals surface area contributed by atoms with Gasteiger partial charge in [-0.3, -0.25) is 14.9 Å². The Hall–Kier alpha value is -1.65. The summed E-state index contributed by atoms with van der Waals surface area (Å²) in [5.74, 6) is 1.56. The van der Waals surface area contributed by atoms with Gasteiger partial charge in [-0.2, -0.15) is 5.10 Å². The van der Waals surface area contributed by atoms with Gasteiger partial charge in [0.05, 0.1) is 5.69 Å². The number of nitrogens with zero attached hydrogens (tertiary/aromatic N) is 3. The molecule has 0 spiro atoms. The standard InChI is InChI=1S/C22H30N4/c1-15-19(16(2)24-23-15)10-13-26-14-20(17-6-4-3-5-7-17)22-21(26)18-8-11-25(22)12-9-18/h3-7,18,20-22H,8-14H2,1-2H3,(H,23,24)/t20-,21+,22+/m0/s1. The highest BCUT2D eigenvalue weighted by molar-refractivity contribution is 5.28. The van der Waals surface area contributed by atoms with Gasteiger partial charge in [-0.15, -0.1) is 0 Å². The van der Waals surface area contributed by atoms with Crippen molar-refractivity contribution in [1.82, 2.24) is 20.0 Å². The van der Waals surface area contributed by atoms with Gasteiger partial charge in [0.1, 0.15) is 0 Å². The molecule has 0 radical (unpaired) electrons. The van der Waals surface area contributed by atoms with Crippen molar-refractivity contribution >= 4 is 0 Å². The zero-order valence-electron chi connectivity index (χ0n) is 16.0. The van der Waals surface area contributed by atoms with Crippen molar-refractivity contribution in [1.29, 1.82) is 0 Å². The van der Waals surface area contributed by atoms with E-state index in [1.54, 1.807) is 0 Å². The minimum absolute atomic E-state index is 0.663. The van der Waals surface area contributed by atoms with Gasteiger partial charge >= 0.3 is 0 Å². The van der Waals surface area contributed by atoms with Gasteiger partial charge in [0.2, 0.25) is 0 Å². The van der Waals surface area contributed by atoms with Crippen LogP contribution in [0.2, 0.25) is 0 Å². The van der Waals surface area contributed by atoms with E-state index in [-0.39, 0.29) is 0 Å². The Kier molecular flexibility index (Phi) is 4.13. The van der Waals surface area contributed by atoms with Crippen molar-refractivity contribution in [3.8, 4) is 0 Å². The third-order valence-electron chi connectivity index (χ3n) is 7.25. The smallest absolute Gasteiger partial charge is 0.0626 e. The van der Waals surface area contributed by atoms with Crippen LogP contribution in [0, 0.1) is 19.8 Å². The first-order valence-electron chi connectivity index (χ1n) is 10.3. The summed E-state index contributed by atoms with van der Waals surface area (Å²) in [4.78, 5) is 5.63. The molecule has 26 heavy (non-hydrogen) atoms. The monoisotopic (exact) mass is 350 g/mol. The van der Waals surface area contributed by atoms with E-state index in [9.17, 15) is 0 Å². The minimum atomic E-state index is 0.663. The Morgan fingerprint density at radius 2 is 1.85 bits per heavy atom. The fraction of sp³-hybridized carbons (Fsp3) is 0.591. The first kappa shape index (κ1) is 16.5. The van der Waals surface area contributed by atoms with E-state index in [4.69, 9.17) is 0 Å². The summed E-state index contributed by atoms with van der Waals surface area (Å²) in [6.45, 7) is 9.28. The maximum absolute atomic E-state index is 4.39. The molecule has 3 atom stereocenters. The van der Waals surface area contributed by atoms with E-state index >= 15 is 0 Å². The number of hydrogen-bond acceptors (Lipinski definition) is 3. The van der Waals surface area contributed by atoms with Crippen LogP contribution in [0.3, 0.4) is 0 Å². The molecule has 0 saturated carbocycles. The first-order chi connectivity index (χ1) is 12.7. The van der Waals surface area contributed by atoms with Gasteiger partial charge in [-0.1, -0.05) is 30.3 Å². The molecule has 1 aromatic carbocycles. The Morgan fingerprint density at radius 3 is 2.54 bits per heavy atom. The zero-order valence-corrected chi connectivity index (χ0v) is 16.0. The number of aromatic nitrogens is 2. The molecule has 0 aliphatic carbocycles. The van der Waals surface area contributed by atoms with E-state index < -0.39 is 0 Å². The molecule has 4 heteroatoms. The molecule has 0 unspecified atom stereocenters. The van der Waals surface area contributed by atoms with E-state index in [0.29, 0.717) is 5.92 Å². The summed E-state index contributed by atoms with van der Waals surface area (Å²) in [5.41, 5.74) is 5.37. The number of nitrogens with one attached hydrogen (secondary N) is 1. The van der Waals surface area contributed by atoms with Gasteiger partial charge in [-0.05, 0) is 63.2 Å². The van der Waals surface area contributed by atoms with Gasteiger partial charge in [0.15, 0.2) is 0 Å². The second kappa shape index (κ2) is 6.50. The number of piperidine rings is 3. The Bertz CT molecular complexity index is 740. The number of aryl methyl sites for hydroxylation is 2. The fourth-order valence-corrected chi connectivity index (χ4v) is 5.98. The summed E-state index contributed by atoms with van der Waals surface area (Å²) >= 11 is 0. The van der Waals surface area contributed by atoms with E-state index in [2.05, 4.69) is 64.2 Å². The Morgan fingerprint density at radius 1 is 1.08 bits per heavy atom. The number of hydrogen-bond donors (Lipinski definition) is 1. The molecule has 1 N–H and O–H groups in total. The van der Waals surface area contributed by atoms with E-state index in [1.165, 1.54) is 55.0 Å². The maximum Gasteiger partial charge on any atom is 0.0626 e. The lowest BCUT2D eigenvalue weighted by Crippen LogP contribution is -2.60. The molecule has 4 aliphatic rings. The van der Waals surface area contributed by atoms with Crippen LogP contribution in [0.4, 0.5) is 0 Å².